The Morgan fingerprint density at radius 3 is 2.66 bits per heavy atom. The molecule has 0 bridgehead atoms. The van der Waals surface area contributed by atoms with Gasteiger partial charge in [-0.3, -0.25) is 4.79 Å². The van der Waals surface area contributed by atoms with E-state index in [9.17, 15) is 9.18 Å². The Kier molecular flexibility index (Phi) is 4.82. The predicted molar refractivity (Wildman–Crippen MR) is 114 cm³/mol. The molecular formula is C22H16ClFN4O4. The van der Waals surface area contributed by atoms with Gasteiger partial charge in [-0.05, 0) is 35.9 Å². The van der Waals surface area contributed by atoms with Gasteiger partial charge >= 0.3 is 0 Å². The van der Waals surface area contributed by atoms with E-state index < -0.39 is 11.7 Å². The van der Waals surface area contributed by atoms with Crippen molar-refractivity contribution < 1.29 is 23.2 Å². The molecule has 0 spiro atoms. The number of methoxy groups -OCH3 is 2. The Labute approximate surface area is 186 Å². The number of nitrogens with one attached hydrogen (secondary N) is 1. The number of hydrogen-bond acceptors (Lipinski definition) is 6. The maximum Gasteiger partial charge on any atom is 0.277 e. The Hall–Kier alpha value is -3.85. The molecule has 0 saturated carbocycles. The Balaban J connectivity index is 1.70. The molecule has 2 heterocycles. The second kappa shape index (κ2) is 7.69. The van der Waals surface area contributed by atoms with Crippen molar-refractivity contribution in [1.29, 1.82) is 0 Å². The first-order chi connectivity index (χ1) is 15.5. The molecule has 1 aliphatic rings. The van der Waals surface area contributed by atoms with Gasteiger partial charge in [-0.25, -0.2) is 9.07 Å². The molecule has 2 aromatic carbocycles. The van der Waals surface area contributed by atoms with Crippen LogP contribution in [0.2, 0.25) is 5.02 Å². The predicted octanol–water partition coefficient (Wildman–Crippen LogP) is 4.49. The number of fused-ring (bicyclic) bond motifs is 3. The van der Waals surface area contributed by atoms with Gasteiger partial charge < -0.3 is 19.3 Å². The molecule has 32 heavy (non-hydrogen) atoms. The van der Waals surface area contributed by atoms with E-state index >= 15 is 0 Å². The third kappa shape index (κ3) is 3.18. The van der Waals surface area contributed by atoms with Crippen LogP contribution in [-0.4, -0.2) is 35.1 Å². The second-order valence-electron chi connectivity index (χ2n) is 7.07. The van der Waals surface area contributed by atoms with Gasteiger partial charge in [0.05, 0.1) is 30.6 Å². The number of nitrogens with zero attached hydrogens (tertiary/aromatic N) is 3. The molecule has 10 heteroatoms. The van der Waals surface area contributed by atoms with Gasteiger partial charge in [0.2, 0.25) is 0 Å². The van der Waals surface area contributed by atoms with Crippen molar-refractivity contribution in [3.05, 3.63) is 70.3 Å². The monoisotopic (exact) mass is 454 g/mol. The van der Waals surface area contributed by atoms with Crippen molar-refractivity contribution >= 4 is 23.3 Å². The van der Waals surface area contributed by atoms with Crippen LogP contribution in [0.15, 0.2) is 47.2 Å². The van der Waals surface area contributed by atoms with Crippen LogP contribution in [0.25, 0.3) is 16.9 Å². The number of carbonyl (C=O) groups excluding carboxylic acids is 1. The van der Waals surface area contributed by atoms with Crippen molar-refractivity contribution in [2.75, 3.05) is 19.5 Å². The van der Waals surface area contributed by atoms with Crippen molar-refractivity contribution in [3.63, 3.8) is 0 Å². The lowest BCUT2D eigenvalue weighted by Gasteiger charge is -2.12. The summed E-state index contributed by atoms with van der Waals surface area (Å²) in [6.45, 7) is 0. The van der Waals surface area contributed by atoms with E-state index in [0.29, 0.717) is 34.9 Å². The van der Waals surface area contributed by atoms with E-state index in [1.54, 1.807) is 25.0 Å². The standard InChI is InChI=1S/C22H16ClFN4O4/c1-30-17-8-11-7-14-20(22(29)25-19-5-6-32-27-19)26-28(12-3-4-16(24)15(23)9-12)21(14)13(11)10-18(17)31-2/h3-6,8-10H,7H2,1-2H3,(H,25,27,29). The summed E-state index contributed by atoms with van der Waals surface area (Å²) in [4.78, 5) is 13.0. The minimum Gasteiger partial charge on any atom is -0.493 e. The van der Waals surface area contributed by atoms with Gasteiger partial charge in [-0.2, -0.15) is 5.10 Å². The number of rotatable bonds is 5. The SMILES string of the molecule is COc1cc2c(cc1OC)-c1c(c(C(=O)Nc3ccon3)nn1-c1ccc(F)c(Cl)c1)C2. The van der Waals surface area contributed by atoms with Gasteiger partial charge in [-0.15, -0.1) is 0 Å². The number of amides is 1. The summed E-state index contributed by atoms with van der Waals surface area (Å²) < 4.78 is 31.0. The summed E-state index contributed by atoms with van der Waals surface area (Å²) in [6, 6.07) is 9.50. The maximum atomic E-state index is 13.8. The molecule has 4 aromatic rings. The topological polar surface area (TPSA) is 91.4 Å². The molecule has 0 radical (unpaired) electrons. The molecule has 1 aliphatic carbocycles. The lowest BCUT2D eigenvalue weighted by Crippen LogP contribution is -2.15. The van der Waals surface area contributed by atoms with E-state index in [4.69, 9.17) is 25.6 Å². The first-order valence-corrected chi connectivity index (χ1v) is 9.92. The summed E-state index contributed by atoms with van der Waals surface area (Å²) in [6.07, 6.45) is 1.80. The first-order valence-electron chi connectivity index (χ1n) is 9.54. The highest BCUT2D eigenvalue weighted by molar-refractivity contribution is 6.30. The molecule has 8 nitrogen and oxygen atoms in total. The molecular weight excluding hydrogens is 439 g/mol. The van der Waals surface area contributed by atoms with Crippen LogP contribution >= 0.6 is 11.6 Å². The largest absolute Gasteiger partial charge is 0.493 e. The summed E-state index contributed by atoms with van der Waals surface area (Å²) in [7, 11) is 3.11. The summed E-state index contributed by atoms with van der Waals surface area (Å²) >= 11 is 6.02. The quantitative estimate of drug-likeness (QED) is 0.420. The number of carbonyl (C=O) groups is 1. The normalized spacial score (nSPS) is 11.8. The molecule has 2 aromatic heterocycles. The summed E-state index contributed by atoms with van der Waals surface area (Å²) in [5, 5.41) is 10.9. The number of aromatic nitrogens is 3. The Morgan fingerprint density at radius 2 is 1.97 bits per heavy atom. The van der Waals surface area contributed by atoms with Gasteiger partial charge in [0.1, 0.15) is 12.1 Å². The molecule has 5 rings (SSSR count). The fourth-order valence-corrected chi connectivity index (χ4v) is 3.99. The van der Waals surface area contributed by atoms with Crippen LogP contribution in [-0.2, 0) is 6.42 Å². The molecule has 162 valence electrons. The molecule has 1 amide bonds. The lowest BCUT2D eigenvalue weighted by atomic mass is 10.1. The number of anilines is 1. The fourth-order valence-electron chi connectivity index (χ4n) is 3.81. The highest BCUT2D eigenvalue weighted by Crippen LogP contribution is 2.45. The zero-order chi connectivity index (χ0) is 22.4. The molecule has 0 saturated heterocycles. The fraction of sp³-hybridized carbons (Fsp3) is 0.136. The average molecular weight is 455 g/mol. The zero-order valence-electron chi connectivity index (χ0n) is 17.0. The Morgan fingerprint density at radius 1 is 1.19 bits per heavy atom. The molecule has 0 aliphatic heterocycles. The van der Waals surface area contributed by atoms with Gasteiger partial charge in [0.25, 0.3) is 5.91 Å². The number of benzene rings is 2. The highest BCUT2D eigenvalue weighted by Gasteiger charge is 2.32. The van der Waals surface area contributed by atoms with Crippen LogP contribution in [0.1, 0.15) is 21.6 Å². The van der Waals surface area contributed by atoms with Crippen LogP contribution in [0.5, 0.6) is 11.5 Å². The third-order valence-electron chi connectivity index (χ3n) is 5.26. The van der Waals surface area contributed by atoms with Crippen LogP contribution in [0, 0.1) is 5.82 Å². The van der Waals surface area contributed by atoms with Crippen LogP contribution < -0.4 is 14.8 Å². The van der Waals surface area contributed by atoms with Crippen molar-refractivity contribution in [2.45, 2.75) is 6.42 Å². The lowest BCUT2D eigenvalue weighted by molar-refractivity contribution is 0.102. The van der Waals surface area contributed by atoms with Crippen LogP contribution in [0.4, 0.5) is 10.2 Å². The van der Waals surface area contributed by atoms with E-state index in [-0.39, 0.29) is 16.5 Å². The van der Waals surface area contributed by atoms with Gasteiger partial charge in [0, 0.05) is 23.6 Å². The maximum absolute atomic E-state index is 13.8. The molecule has 1 N–H and O–H groups in total. The van der Waals surface area contributed by atoms with Crippen molar-refractivity contribution in [3.8, 4) is 28.4 Å². The first kappa shape index (κ1) is 20.1. The Bertz CT molecular complexity index is 1350. The van der Waals surface area contributed by atoms with E-state index in [1.165, 1.54) is 24.5 Å². The van der Waals surface area contributed by atoms with Gasteiger partial charge in [-0.1, -0.05) is 16.8 Å². The van der Waals surface area contributed by atoms with E-state index in [2.05, 4.69) is 15.6 Å². The minimum atomic E-state index is -0.546. The summed E-state index contributed by atoms with van der Waals surface area (Å²) in [5.41, 5.74) is 3.87. The minimum absolute atomic E-state index is 0.0501. The highest BCUT2D eigenvalue weighted by atomic mass is 35.5. The number of hydrogen-bond donors (Lipinski definition) is 1. The zero-order valence-corrected chi connectivity index (χ0v) is 17.7. The summed E-state index contributed by atoms with van der Waals surface area (Å²) in [5.74, 6) is 0.387. The third-order valence-corrected chi connectivity index (χ3v) is 5.55. The van der Waals surface area contributed by atoms with Gasteiger partial charge in [0.15, 0.2) is 23.0 Å². The molecule has 0 unspecified atom stereocenters. The number of halogens is 2. The van der Waals surface area contributed by atoms with E-state index in [0.717, 1.165) is 11.1 Å². The van der Waals surface area contributed by atoms with Crippen molar-refractivity contribution in [2.24, 2.45) is 0 Å². The number of ether oxygens (including phenoxy) is 2. The average Bonchev–Trinajstić information content (AvgIpc) is 3.50. The van der Waals surface area contributed by atoms with Crippen molar-refractivity contribution in [1.82, 2.24) is 14.9 Å². The molecule has 0 atom stereocenters. The van der Waals surface area contributed by atoms with Crippen LogP contribution in [0.3, 0.4) is 0 Å². The molecule has 0 fully saturated rings. The van der Waals surface area contributed by atoms with E-state index in [1.807, 2.05) is 12.1 Å². The smallest absolute Gasteiger partial charge is 0.277 e. The second-order valence-corrected chi connectivity index (χ2v) is 7.47.